The molecule has 2 rings (SSSR count). The van der Waals surface area contributed by atoms with Crippen LogP contribution in [0, 0.1) is 9.39 Å². The molecule has 20 heavy (non-hydrogen) atoms. The van der Waals surface area contributed by atoms with Crippen molar-refractivity contribution in [3.63, 3.8) is 0 Å². The van der Waals surface area contributed by atoms with Crippen LogP contribution in [-0.2, 0) is 6.42 Å². The number of nitrogens with one attached hydrogen (secondary N) is 1. The van der Waals surface area contributed by atoms with Crippen LogP contribution in [0.2, 0.25) is 5.02 Å². The van der Waals surface area contributed by atoms with Crippen molar-refractivity contribution in [1.29, 1.82) is 0 Å². The minimum absolute atomic E-state index is 0.181. The van der Waals surface area contributed by atoms with Crippen LogP contribution in [-0.4, -0.2) is 6.54 Å². The standard InChI is InChI=1S/C16H16ClFIN/c1-2-20-16(9-11-3-6-13(18)7-4-11)12-5-8-15(19)14(17)10-12/h3-8,10,16,20H,2,9H2,1H3. The van der Waals surface area contributed by atoms with Gasteiger partial charge in [0.15, 0.2) is 0 Å². The van der Waals surface area contributed by atoms with Crippen LogP contribution in [0.25, 0.3) is 0 Å². The average molecular weight is 404 g/mol. The molecule has 0 radical (unpaired) electrons. The first-order chi connectivity index (χ1) is 9.60. The van der Waals surface area contributed by atoms with Crippen LogP contribution >= 0.6 is 34.2 Å². The molecule has 1 unspecified atom stereocenters. The second kappa shape index (κ2) is 7.38. The summed E-state index contributed by atoms with van der Waals surface area (Å²) in [6, 6.07) is 12.9. The van der Waals surface area contributed by atoms with Gasteiger partial charge in [-0.15, -0.1) is 0 Å². The molecule has 106 valence electrons. The predicted octanol–water partition coefficient (Wildman–Crippen LogP) is 4.98. The van der Waals surface area contributed by atoms with E-state index in [1.54, 1.807) is 0 Å². The van der Waals surface area contributed by atoms with E-state index in [-0.39, 0.29) is 11.9 Å². The molecule has 0 amide bonds. The number of halogens is 3. The Kier molecular flexibility index (Phi) is 5.81. The Hall–Kier alpha value is -0.650. The van der Waals surface area contributed by atoms with Crippen molar-refractivity contribution in [2.45, 2.75) is 19.4 Å². The zero-order valence-corrected chi connectivity index (χ0v) is 14.1. The highest BCUT2D eigenvalue weighted by Crippen LogP contribution is 2.25. The first-order valence-electron chi connectivity index (χ1n) is 6.53. The Bertz CT molecular complexity index is 571. The summed E-state index contributed by atoms with van der Waals surface area (Å²) in [6.07, 6.45) is 0.811. The SMILES string of the molecule is CCNC(Cc1ccc(F)cc1)c1ccc(I)c(Cl)c1. The summed E-state index contributed by atoms with van der Waals surface area (Å²) in [7, 11) is 0. The Morgan fingerprint density at radius 3 is 2.50 bits per heavy atom. The van der Waals surface area contributed by atoms with E-state index >= 15 is 0 Å². The topological polar surface area (TPSA) is 12.0 Å². The van der Waals surface area contributed by atoms with E-state index in [2.05, 4.69) is 40.9 Å². The fraction of sp³-hybridized carbons (Fsp3) is 0.250. The van der Waals surface area contributed by atoms with Crippen LogP contribution in [0.4, 0.5) is 4.39 Å². The molecule has 0 saturated carbocycles. The lowest BCUT2D eigenvalue weighted by atomic mass is 9.99. The highest BCUT2D eigenvalue weighted by Gasteiger charge is 2.12. The van der Waals surface area contributed by atoms with Crippen molar-refractivity contribution in [3.05, 3.63) is 68.0 Å². The summed E-state index contributed by atoms with van der Waals surface area (Å²) < 4.78 is 14.0. The van der Waals surface area contributed by atoms with Crippen molar-refractivity contribution in [2.24, 2.45) is 0 Å². The third-order valence-corrected chi connectivity index (χ3v) is 4.72. The summed E-state index contributed by atoms with van der Waals surface area (Å²) in [5.74, 6) is -0.203. The molecule has 0 heterocycles. The monoisotopic (exact) mass is 403 g/mol. The Morgan fingerprint density at radius 1 is 1.20 bits per heavy atom. The Labute approximate surface area is 137 Å². The van der Waals surface area contributed by atoms with E-state index in [1.807, 2.05) is 24.3 Å². The van der Waals surface area contributed by atoms with Crippen molar-refractivity contribution in [2.75, 3.05) is 6.54 Å². The Morgan fingerprint density at radius 2 is 1.90 bits per heavy atom. The van der Waals surface area contributed by atoms with Crippen molar-refractivity contribution in [3.8, 4) is 0 Å². The van der Waals surface area contributed by atoms with Crippen molar-refractivity contribution < 1.29 is 4.39 Å². The van der Waals surface area contributed by atoms with Gasteiger partial charge in [0.1, 0.15) is 5.82 Å². The lowest BCUT2D eigenvalue weighted by Gasteiger charge is -2.19. The molecule has 2 aromatic rings. The van der Waals surface area contributed by atoms with Gasteiger partial charge in [-0.1, -0.05) is 36.7 Å². The quantitative estimate of drug-likeness (QED) is 0.695. The maximum absolute atomic E-state index is 13.0. The molecule has 0 aliphatic carbocycles. The third-order valence-electron chi connectivity index (χ3n) is 3.15. The number of rotatable bonds is 5. The van der Waals surface area contributed by atoms with Gasteiger partial charge in [0, 0.05) is 9.61 Å². The summed E-state index contributed by atoms with van der Waals surface area (Å²) in [6.45, 7) is 2.95. The summed E-state index contributed by atoms with van der Waals surface area (Å²) in [4.78, 5) is 0. The summed E-state index contributed by atoms with van der Waals surface area (Å²) in [5, 5.41) is 4.22. The molecule has 1 N–H and O–H groups in total. The largest absolute Gasteiger partial charge is 0.310 e. The molecule has 0 aromatic heterocycles. The smallest absolute Gasteiger partial charge is 0.123 e. The second-order valence-corrected chi connectivity index (χ2v) is 6.18. The normalized spacial score (nSPS) is 12.4. The van der Waals surface area contributed by atoms with Crippen LogP contribution in [0.5, 0.6) is 0 Å². The highest BCUT2D eigenvalue weighted by atomic mass is 127. The average Bonchev–Trinajstić information content (AvgIpc) is 2.44. The molecule has 0 fully saturated rings. The summed E-state index contributed by atoms with van der Waals surface area (Å²) in [5.41, 5.74) is 2.26. The second-order valence-electron chi connectivity index (χ2n) is 4.61. The van der Waals surface area contributed by atoms with Gasteiger partial charge in [0.05, 0.1) is 5.02 Å². The third kappa shape index (κ3) is 4.17. The maximum Gasteiger partial charge on any atom is 0.123 e. The lowest BCUT2D eigenvalue weighted by molar-refractivity contribution is 0.548. The van der Waals surface area contributed by atoms with Gasteiger partial charge in [0.2, 0.25) is 0 Å². The molecular formula is C16H16ClFIN. The molecule has 1 atom stereocenters. The summed E-state index contributed by atoms with van der Waals surface area (Å²) >= 11 is 8.42. The fourth-order valence-electron chi connectivity index (χ4n) is 2.14. The van der Waals surface area contributed by atoms with Gasteiger partial charge < -0.3 is 5.32 Å². The first kappa shape index (κ1) is 15.7. The van der Waals surface area contributed by atoms with Gasteiger partial charge in [0.25, 0.3) is 0 Å². The molecule has 2 aromatic carbocycles. The van der Waals surface area contributed by atoms with E-state index in [0.717, 1.165) is 32.7 Å². The van der Waals surface area contributed by atoms with Crippen LogP contribution in [0.3, 0.4) is 0 Å². The van der Waals surface area contributed by atoms with Gasteiger partial charge in [-0.05, 0) is 70.9 Å². The Balaban J connectivity index is 2.21. The van der Waals surface area contributed by atoms with Gasteiger partial charge >= 0.3 is 0 Å². The molecule has 0 spiro atoms. The molecule has 4 heteroatoms. The predicted molar refractivity (Wildman–Crippen MR) is 90.7 cm³/mol. The van der Waals surface area contributed by atoms with Crippen molar-refractivity contribution >= 4 is 34.2 Å². The van der Waals surface area contributed by atoms with E-state index in [9.17, 15) is 4.39 Å². The number of likely N-dealkylation sites (N-methyl/N-ethyl adjacent to an activating group) is 1. The van der Waals surface area contributed by atoms with Crippen LogP contribution in [0.1, 0.15) is 24.1 Å². The molecular weight excluding hydrogens is 388 g/mol. The maximum atomic E-state index is 13.0. The van der Waals surface area contributed by atoms with Crippen LogP contribution in [0.15, 0.2) is 42.5 Å². The zero-order chi connectivity index (χ0) is 14.5. The molecule has 0 bridgehead atoms. The van der Waals surface area contributed by atoms with E-state index < -0.39 is 0 Å². The van der Waals surface area contributed by atoms with E-state index in [1.165, 1.54) is 12.1 Å². The van der Waals surface area contributed by atoms with Crippen molar-refractivity contribution in [1.82, 2.24) is 5.32 Å². The zero-order valence-electron chi connectivity index (χ0n) is 11.2. The minimum Gasteiger partial charge on any atom is -0.310 e. The molecule has 0 aliphatic rings. The van der Waals surface area contributed by atoms with E-state index in [4.69, 9.17) is 11.6 Å². The molecule has 0 aliphatic heterocycles. The first-order valence-corrected chi connectivity index (χ1v) is 7.98. The lowest BCUT2D eigenvalue weighted by Crippen LogP contribution is -2.23. The highest BCUT2D eigenvalue weighted by molar-refractivity contribution is 14.1. The van der Waals surface area contributed by atoms with Gasteiger partial charge in [-0.3, -0.25) is 0 Å². The van der Waals surface area contributed by atoms with Gasteiger partial charge in [-0.25, -0.2) is 4.39 Å². The molecule has 0 saturated heterocycles. The molecule has 1 nitrogen and oxygen atoms in total. The number of hydrogen-bond acceptors (Lipinski definition) is 1. The number of benzene rings is 2. The minimum atomic E-state index is -0.203. The fourth-order valence-corrected chi connectivity index (χ4v) is 2.66. The van der Waals surface area contributed by atoms with Gasteiger partial charge in [-0.2, -0.15) is 0 Å². The number of hydrogen-bond donors (Lipinski definition) is 1. The van der Waals surface area contributed by atoms with Crippen LogP contribution < -0.4 is 5.32 Å². The van der Waals surface area contributed by atoms with E-state index in [0.29, 0.717) is 0 Å².